The lowest BCUT2D eigenvalue weighted by molar-refractivity contribution is 0.0110. The highest BCUT2D eigenvalue weighted by Gasteiger charge is 2.38. The van der Waals surface area contributed by atoms with Crippen LogP contribution in [0.4, 0.5) is 0 Å². The number of hydrogen-bond donors (Lipinski definition) is 4. The van der Waals surface area contributed by atoms with Gasteiger partial charge in [-0.05, 0) is 25.5 Å². The second-order valence-corrected chi connectivity index (χ2v) is 5.76. The van der Waals surface area contributed by atoms with Crippen LogP contribution < -0.4 is 11.1 Å². The summed E-state index contributed by atoms with van der Waals surface area (Å²) in [5.74, 6) is 0.323. The van der Waals surface area contributed by atoms with Crippen LogP contribution in [0.5, 0.6) is 0 Å². The Morgan fingerprint density at radius 2 is 1.70 bits per heavy atom. The topological polar surface area (TPSA) is 104 Å². The molecule has 0 aliphatic rings. The van der Waals surface area contributed by atoms with Crippen molar-refractivity contribution in [2.75, 3.05) is 6.61 Å². The van der Waals surface area contributed by atoms with Gasteiger partial charge in [-0.1, -0.05) is 30.3 Å². The van der Waals surface area contributed by atoms with E-state index in [9.17, 15) is 10.2 Å². The molecule has 0 aliphatic heterocycles. The maximum atomic E-state index is 10.5. The quantitative estimate of drug-likeness (QED) is 0.583. The molecule has 1 heterocycles. The van der Waals surface area contributed by atoms with Crippen LogP contribution in [0.2, 0.25) is 0 Å². The summed E-state index contributed by atoms with van der Waals surface area (Å²) in [7, 11) is 0. The molecule has 2 aromatic rings. The van der Waals surface area contributed by atoms with Crippen molar-refractivity contribution in [3.05, 3.63) is 60.2 Å². The van der Waals surface area contributed by atoms with Crippen molar-refractivity contribution in [2.24, 2.45) is 5.73 Å². The second kappa shape index (κ2) is 7.81. The Balaban J connectivity index is 0.00000264. The van der Waals surface area contributed by atoms with E-state index in [1.807, 2.05) is 30.3 Å². The summed E-state index contributed by atoms with van der Waals surface area (Å²) >= 11 is 0. The third-order valence-electron chi connectivity index (χ3n) is 3.80. The third-order valence-corrected chi connectivity index (χ3v) is 3.80. The van der Waals surface area contributed by atoms with E-state index < -0.39 is 17.3 Å². The lowest BCUT2D eigenvalue weighted by Gasteiger charge is -2.37. The Labute approximate surface area is 142 Å². The molecule has 0 amide bonds. The van der Waals surface area contributed by atoms with Crippen LogP contribution in [0.3, 0.4) is 0 Å². The van der Waals surface area contributed by atoms with Gasteiger partial charge in [-0.25, -0.2) is 9.97 Å². The maximum Gasteiger partial charge on any atom is 0.151 e. The van der Waals surface area contributed by atoms with Crippen molar-refractivity contribution in [1.29, 1.82) is 0 Å². The van der Waals surface area contributed by atoms with Gasteiger partial charge < -0.3 is 15.9 Å². The van der Waals surface area contributed by atoms with E-state index in [-0.39, 0.29) is 19.0 Å². The number of hydrogen-bond acceptors (Lipinski definition) is 6. The Hall–Kier alpha value is -1.57. The van der Waals surface area contributed by atoms with Crippen LogP contribution in [-0.2, 0) is 11.1 Å². The molecule has 1 aromatic heterocycles. The molecular weight excluding hydrogens is 316 g/mol. The lowest BCUT2D eigenvalue weighted by atomic mass is 9.90. The highest BCUT2D eigenvalue weighted by atomic mass is 35.5. The number of rotatable bonds is 6. The first-order valence-corrected chi connectivity index (χ1v) is 7.08. The standard InChI is InChI=1S/C16H22N4O2.ClH/c1-15(11-21,12-7-4-3-5-8-12)20-14(22)16(2,17)13-18-9-6-10-19-13;/h3-10,14,20-22H,11,17H2,1-2H3;1H. The summed E-state index contributed by atoms with van der Waals surface area (Å²) in [4.78, 5) is 8.20. The summed E-state index contributed by atoms with van der Waals surface area (Å²) in [5.41, 5.74) is 5.01. The van der Waals surface area contributed by atoms with Gasteiger partial charge in [0, 0.05) is 12.4 Å². The van der Waals surface area contributed by atoms with E-state index >= 15 is 0 Å². The molecule has 1 aromatic carbocycles. The molecule has 0 radical (unpaired) electrons. The van der Waals surface area contributed by atoms with E-state index in [1.165, 1.54) is 0 Å². The number of benzene rings is 1. The van der Waals surface area contributed by atoms with Crippen molar-refractivity contribution in [3.63, 3.8) is 0 Å². The smallest absolute Gasteiger partial charge is 0.151 e. The van der Waals surface area contributed by atoms with Gasteiger partial charge in [-0.3, -0.25) is 5.32 Å². The third kappa shape index (κ3) is 4.25. The predicted octanol–water partition coefficient (Wildman–Crippen LogP) is 0.888. The van der Waals surface area contributed by atoms with E-state index in [0.29, 0.717) is 5.82 Å². The van der Waals surface area contributed by atoms with Crippen molar-refractivity contribution < 1.29 is 10.2 Å². The molecule has 0 fully saturated rings. The molecule has 0 bridgehead atoms. The highest BCUT2D eigenvalue weighted by Crippen LogP contribution is 2.24. The number of aromatic nitrogens is 2. The van der Waals surface area contributed by atoms with E-state index in [4.69, 9.17) is 5.73 Å². The van der Waals surface area contributed by atoms with Gasteiger partial charge in [0.05, 0.1) is 12.1 Å². The zero-order valence-electron chi connectivity index (χ0n) is 13.2. The van der Waals surface area contributed by atoms with Gasteiger partial charge in [0.25, 0.3) is 0 Å². The fourth-order valence-electron chi connectivity index (χ4n) is 2.18. The summed E-state index contributed by atoms with van der Waals surface area (Å²) in [6, 6.07) is 11.1. The zero-order valence-corrected chi connectivity index (χ0v) is 14.0. The Bertz CT molecular complexity index is 598. The van der Waals surface area contributed by atoms with Gasteiger partial charge in [-0.2, -0.15) is 0 Å². The van der Waals surface area contributed by atoms with Crippen molar-refractivity contribution >= 4 is 12.4 Å². The number of halogens is 1. The SMILES string of the molecule is CC(CO)(NC(O)C(C)(N)c1ncccn1)c1ccccc1.Cl. The average Bonchev–Trinajstić information content (AvgIpc) is 2.56. The van der Waals surface area contributed by atoms with E-state index in [2.05, 4.69) is 15.3 Å². The van der Waals surface area contributed by atoms with Gasteiger partial charge >= 0.3 is 0 Å². The van der Waals surface area contributed by atoms with Crippen LogP contribution in [0.15, 0.2) is 48.8 Å². The molecule has 0 spiro atoms. The highest BCUT2D eigenvalue weighted by molar-refractivity contribution is 5.85. The summed E-state index contributed by atoms with van der Waals surface area (Å²) in [6.07, 6.45) is 2.00. The summed E-state index contributed by atoms with van der Waals surface area (Å²) < 4.78 is 0. The number of nitrogens with zero attached hydrogens (tertiary/aromatic N) is 2. The minimum absolute atomic E-state index is 0. The largest absolute Gasteiger partial charge is 0.394 e. The van der Waals surface area contributed by atoms with Crippen molar-refractivity contribution in [2.45, 2.75) is 31.2 Å². The maximum absolute atomic E-state index is 10.5. The number of aliphatic hydroxyl groups excluding tert-OH is 2. The molecule has 0 saturated carbocycles. The minimum atomic E-state index is -1.20. The Kier molecular flexibility index (Phi) is 6.61. The summed E-state index contributed by atoms with van der Waals surface area (Å²) in [6.45, 7) is 3.25. The monoisotopic (exact) mass is 338 g/mol. The van der Waals surface area contributed by atoms with E-state index in [0.717, 1.165) is 5.56 Å². The predicted molar refractivity (Wildman–Crippen MR) is 90.8 cm³/mol. The van der Waals surface area contributed by atoms with Crippen LogP contribution in [-0.4, -0.2) is 33.0 Å². The van der Waals surface area contributed by atoms with Crippen LogP contribution >= 0.6 is 12.4 Å². The molecule has 5 N–H and O–H groups in total. The first kappa shape index (κ1) is 19.5. The van der Waals surface area contributed by atoms with Gasteiger partial charge in [0.15, 0.2) is 5.82 Å². The van der Waals surface area contributed by atoms with Gasteiger partial charge in [0.1, 0.15) is 11.8 Å². The first-order chi connectivity index (χ1) is 10.4. The Morgan fingerprint density at radius 3 is 2.22 bits per heavy atom. The molecule has 3 unspecified atom stereocenters. The summed E-state index contributed by atoms with van der Waals surface area (Å²) in [5, 5.41) is 23.3. The molecule has 6 nitrogen and oxygen atoms in total. The minimum Gasteiger partial charge on any atom is -0.394 e. The van der Waals surface area contributed by atoms with Gasteiger partial charge in [0.2, 0.25) is 0 Å². The molecule has 2 rings (SSSR count). The molecule has 0 aliphatic carbocycles. The molecule has 7 heteroatoms. The first-order valence-electron chi connectivity index (χ1n) is 7.08. The molecule has 0 saturated heterocycles. The van der Waals surface area contributed by atoms with E-state index in [1.54, 1.807) is 32.3 Å². The number of aliphatic hydroxyl groups is 2. The second-order valence-electron chi connectivity index (χ2n) is 5.76. The van der Waals surface area contributed by atoms with Gasteiger partial charge in [-0.15, -0.1) is 12.4 Å². The van der Waals surface area contributed by atoms with Crippen molar-refractivity contribution in [1.82, 2.24) is 15.3 Å². The lowest BCUT2D eigenvalue weighted by Crippen LogP contribution is -2.59. The zero-order chi connectivity index (χ0) is 16.2. The molecule has 126 valence electrons. The molecule has 3 atom stereocenters. The van der Waals surface area contributed by atoms with Crippen molar-refractivity contribution in [3.8, 4) is 0 Å². The molecular formula is C16H23ClN4O2. The van der Waals surface area contributed by atoms with Crippen LogP contribution in [0.1, 0.15) is 25.2 Å². The average molecular weight is 339 g/mol. The van der Waals surface area contributed by atoms with Crippen LogP contribution in [0.25, 0.3) is 0 Å². The Morgan fingerprint density at radius 1 is 1.13 bits per heavy atom. The fourth-order valence-corrected chi connectivity index (χ4v) is 2.18. The fraction of sp³-hybridized carbons (Fsp3) is 0.375. The number of nitrogens with one attached hydrogen (secondary N) is 1. The normalized spacial score (nSPS) is 17.4. The number of nitrogens with two attached hydrogens (primary N) is 1. The molecule has 23 heavy (non-hydrogen) atoms. The van der Waals surface area contributed by atoms with Crippen LogP contribution in [0, 0.1) is 0 Å².